The van der Waals surface area contributed by atoms with Gasteiger partial charge in [0.2, 0.25) is 5.91 Å². The fourth-order valence-corrected chi connectivity index (χ4v) is 6.42. The molecule has 192 valence electrons. The zero-order valence-corrected chi connectivity index (χ0v) is 23.3. The van der Waals surface area contributed by atoms with Crippen LogP contribution in [0.25, 0.3) is 0 Å². The Morgan fingerprint density at radius 2 is 1.64 bits per heavy atom. The van der Waals surface area contributed by atoms with Gasteiger partial charge in [-0.25, -0.2) is 8.42 Å². The molecular weight excluding hydrogens is 563 g/mol. The molecule has 3 rings (SSSR count). The topological polar surface area (TPSA) is 75.7 Å². The Balaban J connectivity index is 1.71. The number of nitrogens with one attached hydrogen (secondary N) is 1. The average molecular weight is 588 g/mol. The van der Waals surface area contributed by atoms with Gasteiger partial charge in [0, 0.05) is 33.1 Å². The highest BCUT2D eigenvalue weighted by Crippen LogP contribution is 2.33. The van der Waals surface area contributed by atoms with Gasteiger partial charge in [0.25, 0.3) is 10.0 Å². The number of sulfonamides is 1. The van der Waals surface area contributed by atoms with Crippen molar-refractivity contribution in [2.75, 3.05) is 29.8 Å². The van der Waals surface area contributed by atoms with Gasteiger partial charge in [-0.15, -0.1) is 0 Å². The fraction of sp³-hybridized carbons (Fsp3) is 0.240. The number of anilines is 1. The number of rotatable bonds is 12. The van der Waals surface area contributed by atoms with Crippen LogP contribution in [0.15, 0.2) is 71.6 Å². The monoisotopic (exact) mass is 586 g/mol. The molecule has 3 aromatic carbocycles. The maximum Gasteiger partial charge on any atom is 0.264 e. The van der Waals surface area contributed by atoms with E-state index < -0.39 is 22.5 Å². The van der Waals surface area contributed by atoms with Crippen LogP contribution in [0.5, 0.6) is 5.75 Å². The molecule has 0 bridgehead atoms. The van der Waals surface area contributed by atoms with E-state index in [1.54, 1.807) is 61.2 Å². The number of thioether (sulfide) groups is 1. The van der Waals surface area contributed by atoms with Crippen LogP contribution in [-0.2, 0) is 20.6 Å². The van der Waals surface area contributed by atoms with Crippen molar-refractivity contribution in [3.05, 3.63) is 87.4 Å². The third-order valence-corrected chi connectivity index (χ3v) is 8.72. The van der Waals surface area contributed by atoms with Crippen LogP contribution in [0.2, 0.25) is 15.1 Å². The minimum atomic E-state index is -4.09. The molecule has 0 saturated heterocycles. The first-order valence-corrected chi connectivity index (χ1v) is 14.7. The van der Waals surface area contributed by atoms with Gasteiger partial charge in [0.05, 0.1) is 17.2 Å². The summed E-state index contributed by atoms with van der Waals surface area (Å²) < 4.78 is 33.8. The molecule has 0 unspecified atom stereocenters. The molecule has 0 heterocycles. The highest BCUT2D eigenvalue weighted by atomic mass is 35.5. The number of carbonyl (C=O) groups is 1. The molecule has 11 heteroatoms. The number of halogens is 3. The van der Waals surface area contributed by atoms with Crippen LogP contribution >= 0.6 is 46.6 Å². The predicted molar refractivity (Wildman–Crippen MR) is 149 cm³/mol. The Labute approximate surface area is 230 Å². The lowest BCUT2D eigenvalue weighted by molar-refractivity contribution is -0.119. The SMILES string of the molecule is CCOc1ccccc1N(CC(=O)NCCSCc1c(Cl)cccc1Cl)S(=O)(=O)c1ccc(Cl)cc1. The third kappa shape index (κ3) is 7.46. The van der Waals surface area contributed by atoms with Crippen LogP contribution < -0.4 is 14.4 Å². The largest absolute Gasteiger partial charge is 0.492 e. The molecule has 0 aromatic heterocycles. The van der Waals surface area contributed by atoms with Crippen molar-refractivity contribution in [3.8, 4) is 5.75 Å². The van der Waals surface area contributed by atoms with Gasteiger partial charge in [0.1, 0.15) is 12.3 Å². The first-order valence-electron chi connectivity index (χ1n) is 11.0. The summed E-state index contributed by atoms with van der Waals surface area (Å²) in [5.41, 5.74) is 1.11. The fourth-order valence-electron chi connectivity index (χ4n) is 3.27. The predicted octanol–water partition coefficient (Wildman–Crippen LogP) is 6.29. The second-order valence-electron chi connectivity index (χ2n) is 7.47. The normalized spacial score (nSPS) is 11.2. The molecule has 0 radical (unpaired) electrons. The summed E-state index contributed by atoms with van der Waals surface area (Å²) in [6.07, 6.45) is 0. The highest BCUT2D eigenvalue weighted by molar-refractivity contribution is 7.98. The van der Waals surface area contributed by atoms with Crippen molar-refractivity contribution in [1.82, 2.24) is 5.32 Å². The molecule has 0 fully saturated rings. The molecule has 36 heavy (non-hydrogen) atoms. The standard InChI is InChI=1S/C25H25Cl3N2O4S2/c1-2-34-24-9-4-3-8-23(24)30(36(32,33)19-12-10-18(26)11-13-19)16-25(31)29-14-15-35-17-20-21(27)6-5-7-22(20)28/h3-13H,2,14-17H2,1H3,(H,29,31). The highest BCUT2D eigenvalue weighted by Gasteiger charge is 2.29. The molecule has 1 N–H and O–H groups in total. The van der Waals surface area contributed by atoms with Crippen molar-refractivity contribution >= 4 is 68.2 Å². The van der Waals surface area contributed by atoms with E-state index in [1.807, 2.05) is 0 Å². The quantitative estimate of drug-likeness (QED) is 0.252. The number of amides is 1. The summed E-state index contributed by atoms with van der Waals surface area (Å²) in [5.74, 6) is 1.09. The number of carbonyl (C=O) groups excluding carboxylic acids is 1. The molecule has 6 nitrogen and oxygen atoms in total. The van der Waals surface area contributed by atoms with Gasteiger partial charge in [-0.05, 0) is 61.0 Å². The van der Waals surface area contributed by atoms with E-state index in [2.05, 4.69) is 5.32 Å². The van der Waals surface area contributed by atoms with Gasteiger partial charge in [-0.2, -0.15) is 11.8 Å². The van der Waals surface area contributed by atoms with Gasteiger partial charge in [-0.1, -0.05) is 53.0 Å². The Morgan fingerprint density at radius 1 is 0.972 bits per heavy atom. The lowest BCUT2D eigenvalue weighted by Gasteiger charge is -2.26. The van der Waals surface area contributed by atoms with Crippen LogP contribution in [-0.4, -0.2) is 39.8 Å². The second kappa shape index (κ2) is 13.4. The first-order chi connectivity index (χ1) is 17.2. The van der Waals surface area contributed by atoms with E-state index in [9.17, 15) is 13.2 Å². The zero-order chi connectivity index (χ0) is 26.1. The lowest BCUT2D eigenvalue weighted by Crippen LogP contribution is -2.41. The number of hydrogen-bond acceptors (Lipinski definition) is 5. The van der Waals surface area contributed by atoms with Crippen molar-refractivity contribution in [3.63, 3.8) is 0 Å². The molecule has 0 aliphatic carbocycles. The van der Waals surface area contributed by atoms with Gasteiger partial charge in [0.15, 0.2) is 0 Å². The summed E-state index contributed by atoms with van der Waals surface area (Å²) in [7, 11) is -4.09. The number of benzene rings is 3. The lowest BCUT2D eigenvalue weighted by atomic mass is 10.2. The molecule has 1 amide bonds. The molecule has 0 spiro atoms. The Hall–Kier alpha value is -2.10. The van der Waals surface area contributed by atoms with Crippen LogP contribution in [0.4, 0.5) is 5.69 Å². The summed E-state index contributed by atoms with van der Waals surface area (Å²) in [6.45, 7) is 2.06. The molecule has 0 atom stereocenters. The minimum absolute atomic E-state index is 0.0122. The number of ether oxygens (including phenoxy) is 1. The van der Waals surface area contributed by atoms with Crippen molar-refractivity contribution in [2.24, 2.45) is 0 Å². The maximum absolute atomic E-state index is 13.6. The van der Waals surface area contributed by atoms with Gasteiger partial charge >= 0.3 is 0 Å². The molecular formula is C25H25Cl3N2O4S2. The Bertz CT molecular complexity index is 1270. The van der Waals surface area contributed by atoms with E-state index in [0.29, 0.717) is 45.5 Å². The first kappa shape index (κ1) is 28.5. The van der Waals surface area contributed by atoms with Crippen LogP contribution in [0, 0.1) is 0 Å². The summed E-state index contributed by atoms with van der Waals surface area (Å²) in [4.78, 5) is 12.9. The number of hydrogen-bond donors (Lipinski definition) is 1. The van der Waals surface area contributed by atoms with E-state index in [0.717, 1.165) is 9.87 Å². The summed E-state index contributed by atoms with van der Waals surface area (Å²) in [6, 6.07) is 17.8. The maximum atomic E-state index is 13.6. The van der Waals surface area contributed by atoms with Crippen molar-refractivity contribution in [1.29, 1.82) is 0 Å². The van der Waals surface area contributed by atoms with Crippen molar-refractivity contribution < 1.29 is 17.9 Å². The Kier molecular flexibility index (Phi) is 10.6. The minimum Gasteiger partial charge on any atom is -0.492 e. The summed E-state index contributed by atoms with van der Waals surface area (Å²) >= 11 is 19.9. The number of para-hydroxylation sites is 2. The smallest absolute Gasteiger partial charge is 0.264 e. The summed E-state index contributed by atoms with van der Waals surface area (Å²) in [5, 5.41) is 4.38. The van der Waals surface area contributed by atoms with E-state index in [4.69, 9.17) is 39.5 Å². The average Bonchev–Trinajstić information content (AvgIpc) is 2.85. The van der Waals surface area contributed by atoms with Crippen LogP contribution in [0.1, 0.15) is 12.5 Å². The zero-order valence-electron chi connectivity index (χ0n) is 19.4. The van der Waals surface area contributed by atoms with E-state index >= 15 is 0 Å². The van der Waals surface area contributed by atoms with Crippen molar-refractivity contribution in [2.45, 2.75) is 17.6 Å². The molecule has 3 aromatic rings. The number of nitrogens with zero attached hydrogens (tertiary/aromatic N) is 1. The van der Waals surface area contributed by atoms with Gasteiger partial charge < -0.3 is 10.1 Å². The van der Waals surface area contributed by atoms with E-state index in [-0.39, 0.29) is 10.6 Å². The van der Waals surface area contributed by atoms with E-state index in [1.165, 1.54) is 24.3 Å². The molecule has 0 saturated carbocycles. The Morgan fingerprint density at radius 3 is 2.31 bits per heavy atom. The third-order valence-electron chi connectivity index (χ3n) is 5.00. The molecule has 0 aliphatic rings. The van der Waals surface area contributed by atoms with Crippen LogP contribution in [0.3, 0.4) is 0 Å². The second-order valence-corrected chi connectivity index (χ2v) is 11.7. The van der Waals surface area contributed by atoms with Gasteiger partial charge in [-0.3, -0.25) is 9.10 Å². The molecule has 0 aliphatic heterocycles.